The number of rotatable bonds is 0. The third-order valence-electron chi connectivity index (χ3n) is 9.33. The van der Waals surface area contributed by atoms with E-state index in [2.05, 4.69) is 133 Å². The van der Waals surface area contributed by atoms with Crippen molar-refractivity contribution in [1.29, 1.82) is 0 Å². The van der Waals surface area contributed by atoms with Crippen LogP contribution in [0, 0.1) is 29.7 Å². The van der Waals surface area contributed by atoms with Crippen molar-refractivity contribution in [2.75, 3.05) is 0 Å². The summed E-state index contributed by atoms with van der Waals surface area (Å²) in [5.41, 5.74) is 16.3. The number of hydrogen-bond acceptors (Lipinski definition) is 0. The molecule has 0 aromatic heterocycles. The number of allylic oxidation sites excluding steroid dienone is 8. The molecule has 0 aliphatic heterocycles. The van der Waals surface area contributed by atoms with Crippen molar-refractivity contribution in [2.45, 2.75) is 86.0 Å². The van der Waals surface area contributed by atoms with Crippen LogP contribution in [0.1, 0.15) is 102 Å². The van der Waals surface area contributed by atoms with E-state index < -0.39 is 0 Å². The molecule has 4 aliphatic carbocycles. The number of fused-ring (bicyclic) bond motifs is 5. The van der Waals surface area contributed by atoms with E-state index in [0.29, 0.717) is 5.41 Å². The Morgan fingerprint density at radius 1 is 0.750 bits per heavy atom. The number of benzene rings is 4. The molecule has 0 unspecified atom stereocenters. The van der Waals surface area contributed by atoms with E-state index in [1.54, 1.807) is 12.1 Å². The van der Waals surface area contributed by atoms with Crippen LogP contribution < -0.4 is 0 Å². The molecule has 0 saturated carbocycles. The standard InChI is InChI=1S/C25H25.C9H13.2C6H4Cl.CH2.2ClH.Zr/c1-14-12-24(3,4)22-8-16-7-17-9-23-19(15(2)13-25(23,5)6)11-21(17)20(16)10-18(14)22;1-9(2,3)8-6-4-5-7-8;2*7-6-4-2-1-3-5-6;;;;/h8-12H,7H2,1-6H3;6-7H,4H2,1-3H3;2*1-2,4-5H;1H2;2*1H;/q4*-1;;;;. The summed E-state index contributed by atoms with van der Waals surface area (Å²) < 4.78 is 3.34. The molecule has 274 valence electrons. The van der Waals surface area contributed by atoms with Crippen molar-refractivity contribution < 1.29 is 24.2 Å². The van der Waals surface area contributed by atoms with Gasteiger partial charge in [-0.05, 0) is 58.4 Å². The van der Waals surface area contributed by atoms with E-state index in [0.717, 1.165) is 22.9 Å². The van der Waals surface area contributed by atoms with E-state index >= 15 is 0 Å². The second-order valence-corrected chi connectivity index (χ2v) is 16.0. The summed E-state index contributed by atoms with van der Waals surface area (Å²) in [6.07, 6.45) is 15.6. The van der Waals surface area contributed by atoms with Gasteiger partial charge in [-0.1, -0.05) is 94.5 Å². The zero-order chi connectivity index (χ0) is 36.9. The van der Waals surface area contributed by atoms with Gasteiger partial charge in [-0.15, -0.1) is 42.9 Å². The molecular weight excluding hydrogens is 798 g/mol. The van der Waals surface area contributed by atoms with Gasteiger partial charge in [0, 0.05) is 5.41 Å². The first-order chi connectivity index (χ1) is 23.6. The predicted octanol–water partition coefficient (Wildman–Crippen LogP) is 14.3. The van der Waals surface area contributed by atoms with Crippen LogP contribution in [0.3, 0.4) is 0 Å². The van der Waals surface area contributed by atoms with Crippen LogP contribution in [0.2, 0.25) is 10.0 Å². The molecular formula is C47H50Cl4Zr-4. The maximum atomic E-state index is 5.51. The van der Waals surface area contributed by atoms with Gasteiger partial charge in [-0.25, -0.2) is 11.6 Å². The van der Waals surface area contributed by atoms with Crippen LogP contribution in [-0.4, -0.2) is 4.21 Å². The van der Waals surface area contributed by atoms with Crippen LogP contribution in [0.15, 0.2) is 96.6 Å². The third kappa shape index (κ3) is 11.2. The molecule has 0 N–H and O–H groups in total. The molecule has 4 aliphatic rings. The van der Waals surface area contributed by atoms with Crippen molar-refractivity contribution in [3.8, 4) is 11.1 Å². The van der Waals surface area contributed by atoms with E-state index in [9.17, 15) is 0 Å². The molecule has 0 saturated heterocycles. The molecule has 0 amide bonds. The Balaban J connectivity index is 0.000000285. The Hall–Kier alpha value is -2.25. The second-order valence-electron chi connectivity index (χ2n) is 15.1. The summed E-state index contributed by atoms with van der Waals surface area (Å²) in [5, 5.41) is 1.48. The molecule has 0 fully saturated rings. The van der Waals surface area contributed by atoms with E-state index in [4.69, 9.17) is 23.2 Å². The maximum absolute atomic E-state index is 5.51. The minimum absolute atomic E-state index is 0. The van der Waals surface area contributed by atoms with E-state index in [-0.39, 0.29) is 35.6 Å². The molecule has 8 rings (SSSR count). The van der Waals surface area contributed by atoms with Gasteiger partial charge >= 0.3 is 28.4 Å². The fourth-order valence-corrected chi connectivity index (χ4v) is 7.21. The van der Waals surface area contributed by atoms with Gasteiger partial charge in [0.25, 0.3) is 0 Å². The Bertz CT molecular complexity index is 1820. The van der Waals surface area contributed by atoms with Gasteiger partial charge in [0.2, 0.25) is 0 Å². The van der Waals surface area contributed by atoms with Crippen LogP contribution in [0.25, 0.3) is 22.3 Å². The minimum atomic E-state index is 0. The van der Waals surface area contributed by atoms with Crippen LogP contribution in [-0.2, 0) is 41.5 Å². The molecule has 0 atom stereocenters. The Morgan fingerprint density at radius 2 is 1.27 bits per heavy atom. The monoisotopic (exact) mass is 844 g/mol. The van der Waals surface area contributed by atoms with Gasteiger partial charge < -0.3 is 0 Å². The van der Waals surface area contributed by atoms with Crippen molar-refractivity contribution >= 4 is 63.4 Å². The molecule has 52 heavy (non-hydrogen) atoms. The summed E-state index contributed by atoms with van der Waals surface area (Å²) in [7, 11) is 0. The molecule has 0 bridgehead atoms. The third-order valence-corrected chi connectivity index (χ3v) is 9.80. The van der Waals surface area contributed by atoms with Crippen LogP contribution >= 0.6 is 48.0 Å². The quantitative estimate of drug-likeness (QED) is 0.136. The Morgan fingerprint density at radius 3 is 1.67 bits per heavy atom. The van der Waals surface area contributed by atoms with Crippen molar-refractivity contribution in [3.05, 3.63) is 164 Å². The first kappa shape index (κ1) is 45.9. The molecule has 0 radical (unpaired) electrons. The molecule has 0 spiro atoms. The van der Waals surface area contributed by atoms with Crippen LogP contribution in [0.5, 0.6) is 0 Å². The van der Waals surface area contributed by atoms with Gasteiger partial charge in [-0.2, -0.15) is 101 Å². The van der Waals surface area contributed by atoms with E-state index in [1.165, 1.54) is 85.5 Å². The Kier molecular flexibility index (Phi) is 17.1. The zero-order valence-electron chi connectivity index (χ0n) is 31.9. The fraction of sp³-hybridized carbons (Fsp3) is 0.298. The summed E-state index contributed by atoms with van der Waals surface area (Å²) in [5.74, 6) is 0. The van der Waals surface area contributed by atoms with E-state index in [1.807, 2.05) is 36.4 Å². The summed E-state index contributed by atoms with van der Waals surface area (Å²) in [6, 6.07) is 29.9. The zero-order valence-corrected chi connectivity index (χ0v) is 37.5. The molecule has 0 nitrogen and oxygen atoms in total. The van der Waals surface area contributed by atoms with Crippen molar-refractivity contribution in [2.24, 2.45) is 5.41 Å². The Labute approximate surface area is 351 Å². The average molecular weight is 848 g/mol. The SMILES string of the molecule is CC(C)(C)C1=CC[C-]=C1.CC1=[C-]C(C)(C)c2cc3c(cc21)-c1cc2c(cc1C3)C(C)(C)C=C2C.Cl.Cl.Clc1c[c-]ccc1.Clc1c[c-]ccc1.[CH2]=[Zr]. The van der Waals surface area contributed by atoms with Gasteiger partial charge in [0.05, 0.1) is 0 Å². The summed E-state index contributed by atoms with van der Waals surface area (Å²) >= 11 is 12.3. The molecule has 5 heteroatoms. The van der Waals surface area contributed by atoms with Crippen molar-refractivity contribution in [1.82, 2.24) is 0 Å². The van der Waals surface area contributed by atoms with Crippen LogP contribution in [0.4, 0.5) is 0 Å². The molecule has 4 aromatic carbocycles. The first-order valence-electron chi connectivity index (χ1n) is 17.1. The summed E-state index contributed by atoms with van der Waals surface area (Å²) in [6.45, 7) is 20.4. The molecule has 4 aromatic rings. The number of halogens is 4. The van der Waals surface area contributed by atoms with Gasteiger partial charge in [0.15, 0.2) is 0 Å². The average Bonchev–Trinajstić information content (AvgIpc) is 3.83. The fourth-order valence-electron chi connectivity index (χ4n) is 6.94. The predicted molar refractivity (Wildman–Crippen MR) is 229 cm³/mol. The second kappa shape index (κ2) is 19.4. The van der Waals surface area contributed by atoms with Crippen molar-refractivity contribution in [3.63, 3.8) is 0 Å². The number of hydrogen-bond donors (Lipinski definition) is 0. The van der Waals surface area contributed by atoms with Gasteiger partial charge in [-0.3, -0.25) is 12.2 Å². The normalized spacial score (nSPS) is 15.5. The molecule has 0 heterocycles. The topological polar surface area (TPSA) is 0 Å². The summed E-state index contributed by atoms with van der Waals surface area (Å²) in [4.78, 5) is 0. The first-order valence-corrected chi connectivity index (χ1v) is 19.6. The van der Waals surface area contributed by atoms with Gasteiger partial charge in [0.1, 0.15) is 0 Å².